The lowest BCUT2D eigenvalue weighted by atomic mass is 9.82. The number of esters is 2. The number of nitro groups is 1. The van der Waals surface area contributed by atoms with E-state index in [0.29, 0.717) is 11.4 Å². The molecule has 0 saturated heterocycles. The van der Waals surface area contributed by atoms with Crippen LogP contribution in [0.4, 0.5) is 5.82 Å². The van der Waals surface area contributed by atoms with E-state index in [4.69, 9.17) is 9.47 Å². The standard InChI is InChI=1S/C21H22N4O6/c1-12-15(20(26)30-4)17(18-19(25(28)29)22-11-24(18)3)16(13(2)23-12)21(27)31-10-14-8-6-5-7-9-14/h5-9,11,17,23H,10H2,1-4H3. The molecular formula is C21H22N4O6. The number of aryl methyl sites for hydroxylation is 1. The van der Waals surface area contributed by atoms with Gasteiger partial charge in [0.1, 0.15) is 12.3 Å². The molecule has 10 nitrogen and oxygen atoms in total. The number of carbonyl (C=O) groups is 2. The normalized spacial score (nSPS) is 16.1. The number of ether oxygens (including phenoxy) is 2. The van der Waals surface area contributed by atoms with Crippen LogP contribution in [0.2, 0.25) is 0 Å². The van der Waals surface area contributed by atoms with Gasteiger partial charge < -0.3 is 29.5 Å². The first-order valence-electron chi connectivity index (χ1n) is 9.39. The number of nitrogens with zero attached hydrogens (tertiary/aromatic N) is 3. The van der Waals surface area contributed by atoms with Crippen molar-refractivity contribution in [2.75, 3.05) is 7.11 Å². The van der Waals surface area contributed by atoms with Gasteiger partial charge in [-0.3, -0.25) is 0 Å². The Bertz CT molecular complexity index is 1100. The lowest BCUT2D eigenvalue weighted by Gasteiger charge is -2.29. The number of methoxy groups -OCH3 is 1. The predicted octanol–water partition coefficient (Wildman–Crippen LogP) is 2.48. The molecule has 0 fully saturated rings. The fraction of sp³-hybridized carbons (Fsp3) is 0.286. The van der Waals surface area contributed by atoms with Crippen molar-refractivity contribution < 1.29 is 24.0 Å². The molecule has 0 radical (unpaired) electrons. The first-order valence-corrected chi connectivity index (χ1v) is 9.39. The monoisotopic (exact) mass is 426 g/mol. The zero-order valence-corrected chi connectivity index (χ0v) is 17.5. The number of aromatic nitrogens is 2. The second-order valence-electron chi connectivity index (χ2n) is 7.01. The average Bonchev–Trinajstić information content (AvgIpc) is 3.13. The molecule has 1 aromatic heterocycles. The summed E-state index contributed by atoms with van der Waals surface area (Å²) in [6.07, 6.45) is 1.27. The molecular weight excluding hydrogens is 404 g/mol. The molecule has 2 heterocycles. The molecule has 162 valence electrons. The minimum atomic E-state index is -1.09. The first-order chi connectivity index (χ1) is 14.8. The summed E-state index contributed by atoms with van der Waals surface area (Å²) in [6.45, 7) is 3.29. The summed E-state index contributed by atoms with van der Waals surface area (Å²) in [6, 6.07) is 9.09. The van der Waals surface area contributed by atoms with E-state index in [-0.39, 0.29) is 23.4 Å². The fourth-order valence-electron chi connectivity index (χ4n) is 3.62. The Balaban J connectivity index is 2.10. The summed E-state index contributed by atoms with van der Waals surface area (Å²) in [5, 5.41) is 14.6. The predicted molar refractivity (Wildman–Crippen MR) is 109 cm³/mol. The minimum absolute atomic E-state index is 0.00685. The first kappa shape index (κ1) is 21.8. The van der Waals surface area contributed by atoms with Crippen LogP contribution < -0.4 is 5.32 Å². The van der Waals surface area contributed by atoms with Crippen LogP contribution in [0, 0.1) is 10.1 Å². The minimum Gasteiger partial charge on any atom is -0.466 e. The van der Waals surface area contributed by atoms with Crippen LogP contribution in [0.3, 0.4) is 0 Å². The molecule has 0 saturated carbocycles. The molecule has 0 spiro atoms. The largest absolute Gasteiger partial charge is 0.466 e. The molecule has 31 heavy (non-hydrogen) atoms. The number of benzene rings is 1. The average molecular weight is 426 g/mol. The van der Waals surface area contributed by atoms with Gasteiger partial charge in [-0.2, -0.15) is 0 Å². The second kappa shape index (κ2) is 8.82. The summed E-state index contributed by atoms with van der Waals surface area (Å²) < 4.78 is 11.8. The third kappa shape index (κ3) is 4.18. The fourth-order valence-corrected chi connectivity index (χ4v) is 3.62. The van der Waals surface area contributed by atoms with E-state index in [2.05, 4.69) is 10.3 Å². The molecule has 0 bridgehead atoms. The SMILES string of the molecule is COC(=O)C1=C(C)NC(C)=C(C(=O)OCc2ccccc2)C1c1c([N+](=O)[O-])ncn1C. The summed E-state index contributed by atoms with van der Waals surface area (Å²) in [7, 11) is 2.76. The number of dihydropyridines is 1. The zero-order valence-electron chi connectivity index (χ0n) is 17.5. The summed E-state index contributed by atoms with van der Waals surface area (Å²) in [5.74, 6) is -2.97. The van der Waals surface area contributed by atoms with E-state index < -0.39 is 28.6 Å². The van der Waals surface area contributed by atoms with Gasteiger partial charge in [0.05, 0.1) is 24.2 Å². The van der Waals surface area contributed by atoms with Crippen LogP contribution in [-0.2, 0) is 32.7 Å². The third-order valence-corrected chi connectivity index (χ3v) is 5.01. The molecule has 0 aliphatic carbocycles. The number of carbonyl (C=O) groups excluding carboxylic acids is 2. The van der Waals surface area contributed by atoms with Crippen molar-refractivity contribution in [3.8, 4) is 0 Å². The zero-order chi connectivity index (χ0) is 22.7. The van der Waals surface area contributed by atoms with Crippen LogP contribution >= 0.6 is 0 Å². The Morgan fingerprint density at radius 3 is 2.35 bits per heavy atom. The highest BCUT2D eigenvalue weighted by molar-refractivity contribution is 6.00. The summed E-state index contributed by atoms with van der Waals surface area (Å²) >= 11 is 0. The van der Waals surface area contributed by atoms with Gasteiger partial charge in [-0.05, 0) is 29.3 Å². The Hall–Kier alpha value is -3.95. The van der Waals surface area contributed by atoms with Crippen LogP contribution in [0.1, 0.15) is 31.0 Å². The Kier molecular flexibility index (Phi) is 6.19. The number of hydrogen-bond acceptors (Lipinski definition) is 8. The molecule has 2 aromatic rings. The summed E-state index contributed by atoms with van der Waals surface area (Å²) in [4.78, 5) is 40.6. The maximum Gasteiger partial charge on any atom is 0.385 e. The van der Waals surface area contributed by atoms with E-state index >= 15 is 0 Å². The van der Waals surface area contributed by atoms with Crippen molar-refractivity contribution in [3.05, 3.63) is 80.6 Å². The molecule has 1 unspecified atom stereocenters. The van der Waals surface area contributed by atoms with E-state index in [1.54, 1.807) is 33.0 Å². The van der Waals surface area contributed by atoms with E-state index in [0.717, 1.165) is 5.56 Å². The second-order valence-corrected chi connectivity index (χ2v) is 7.01. The number of imidazole rings is 1. The van der Waals surface area contributed by atoms with Gasteiger partial charge in [-0.15, -0.1) is 0 Å². The van der Waals surface area contributed by atoms with Gasteiger partial charge in [0.25, 0.3) is 0 Å². The Morgan fingerprint density at radius 2 is 1.77 bits per heavy atom. The van der Waals surface area contributed by atoms with Gasteiger partial charge >= 0.3 is 17.8 Å². The van der Waals surface area contributed by atoms with E-state index in [1.165, 1.54) is 18.0 Å². The van der Waals surface area contributed by atoms with Crippen molar-refractivity contribution >= 4 is 17.8 Å². The highest BCUT2D eigenvalue weighted by Gasteiger charge is 2.43. The Morgan fingerprint density at radius 1 is 1.16 bits per heavy atom. The van der Waals surface area contributed by atoms with Crippen LogP contribution in [0.25, 0.3) is 0 Å². The Labute approximate surface area is 178 Å². The highest BCUT2D eigenvalue weighted by atomic mass is 16.6. The van der Waals surface area contributed by atoms with Gasteiger partial charge in [0.15, 0.2) is 0 Å². The molecule has 1 aliphatic rings. The molecule has 1 atom stereocenters. The molecule has 10 heteroatoms. The number of rotatable bonds is 6. The lowest BCUT2D eigenvalue weighted by Crippen LogP contribution is -2.33. The van der Waals surface area contributed by atoms with Gasteiger partial charge in [0.2, 0.25) is 6.33 Å². The number of allylic oxidation sites excluding steroid dienone is 2. The highest BCUT2D eigenvalue weighted by Crippen LogP contribution is 2.42. The third-order valence-electron chi connectivity index (χ3n) is 5.01. The van der Waals surface area contributed by atoms with E-state index in [9.17, 15) is 19.7 Å². The number of nitrogens with one attached hydrogen (secondary N) is 1. The molecule has 1 N–H and O–H groups in total. The topological polar surface area (TPSA) is 126 Å². The van der Waals surface area contributed by atoms with Gasteiger partial charge in [0, 0.05) is 18.4 Å². The van der Waals surface area contributed by atoms with Crippen molar-refractivity contribution in [1.29, 1.82) is 0 Å². The number of hydrogen-bond donors (Lipinski definition) is 1. The van der Waals surface area contributed by atoms with Gasteiger partial charge in [-0.1, -0.05) is 30.3 Å². The quantitative estimate of drug-likeness (QED) is 0.424. The van der Waals surface area contributed by atoms with Crippen molar-refractivity contribution in [3.63, 3.8) is 0 Å². The van der Waals surface area contributed by atoms with E-state index in [1.807, 2.05) is 18.2 Å². The van der Waals surface area contributed by atoms with Crippen molar-refractivity contribution in [2.24, 2.45) is 7.05 Å². The van der Waals surface area contributed by atoms with Crippen molar-refractivity contribution in [1.82, 2.24) is 14.9 Å². The van der Waals surface area contributed by atoms with Crippen molar-refractivity contribution in [2.45, 2.75) is 26.4 Å². The summed E-state index contributed by atoms with van der Waals surface area (Å²) in [5.41, 5.74) is 1.85. The molecule has 1 aliphatic heterocycles. The molecule has 3 rings (SSSR count). The maximum absolute atomic E-state index is 13.1. The van der Waals surface area contributed by atoms with Crippen LogP contribution in [-0.4, -0.2) is 33.5 Å². The maximum atomic E-state index is 13.1. The molecule has 1 aromatic carbocycles. The van der Waals surface area contributed by atoms with Gasteiger partial charge in [-0.25, -0.2) is 9.59 Å². The smallest absolute Gasteiger partial charge is 0.385 e. The molecule has 0 amide bonds. The van der Waals surface area contributed by atoms with Crippen LogP contribution in [0.15, 0.2) is 59.2 Å². The van der Waals surface area contributed by atoms with Crippen LogP contribution in [0.5, 0.6) is 0 Å². The lowest BCUT2D eigenvalue weighted by molar-refractivity contribution is -0.390.